The number of nitrogens with zero attached hydrogens (tertiary/aromatic N) is 2. The molecule has 138 valence electrons. The average Bonchev–Trinajstić information content (AvgIpc) is 2.55. The molecule has 0 aliphatic carbocycles. The number of nitrogens with one attached hydrogen (secondary N) is 1. The number of piperidine rings is 1. The maximum Gasteiger partial charge on any atom is 0.227 e. The molecule has 0 radical (unpaired) electrons. The quantitative estimate of drug-likeness (QED) is 0.724. The van der Waals surface area contributed by atoms with Crippen LogP contribution in [0.3, 0.4) is 0 Å². The smallest absolute Gasteiger partial charge is 0.227 e. The number of piperazine rings is 1. The van der Waals surface area contributed by atoms with Crippen molar-refractivity contribution in [2.75, 3.05) is 52.5 Å². The molecule has 7 heteroatoms. The van der Waals surface area contributed by atoms with Crippen molar-refractivity contribution in [3.63, 3.8) is 0 Å². The first-order valence-electron chi connectivity index (χ1n) is 8.57. The lowest BCUT2D eigenvalue weighted by molar-refractivity contribution is -0.139. The van der Waals surface area contributed by atoms with E-state index < -0.39 is 0 Å². The van der Waals surface area contributed by atoms with E-state index in [-0.39, 0.29) is 30.7 Å². The molecule has 2 aliphatic heterocycles. The number of ether oxygens (including phenoxy) is 1. The topological polar surface area (TPSA) is 44.8 Å². The lowest BCUT2D eigenvalue weighted by Crippen LogP contribution is -2.57. The second-order valence-corrected chi connectivity index (χ2v) is 6.12. The van der Waals surface area contributed by atoms with Gasteiger partial charge in [-0.1, -0.05) is 6.92 Å². The van der Waals surface area contributed by atoms with Crippen molar-refractivity contribution >= 4 is 30.7 Å². The molecule has 2 saturated heterocycles. The minimum absolute atomic E-state index is 0. The van der Waals surface area contributed by atoms with Crippen LogP contribution in [0.25, 0.3) is 0 Å². The molecule has 0 aromatic carbocycles. The van der Waals surface area contributed by atoms with E-state index >= 15 is 0 Å². The zero-order chi connectivity index (χ0) is 15.1. The van der Waals surface area contributed by atoms with Crippen LogP contribution in [0.5, 0.6) is 0 Å². The second-order valence-electron chi connectivity index (χ2n) is 6.12. The molecule has 2 heterocycles. The monoisotopic (exact) mass is 369 g/mol. The molecule has 2 unspecified atom stereocenters. The zero-order valence-corrected chi connectivity index (χ0v) is 16.1. The summed E-state index contributed by atoms with van der Waals surface area (Å²) in [7, 11) is 0. The molecule has 0 bridgehead atoms. The van der Waals surface area contributed by atoms with Gasteiger partial charge >= 0.3 is 0 Å². The third-order valence-electron chi connectivity index (χ3n) is 4.76. The molecule has 2 atom stereocenters. The molecule has 0 saturated carbocycles. The van der Waals surface area contributed by atoms with Gasteiger partial charge in [0.25, 0.3) is 0 Å². The average molecular weight is 370 g/mol. The summed E-state index contributed by atoms with van der Waals surface area (Å²) in [4.78, 5) is 17.2. The first kappa shape index (κ1) is 22.9. The molecule has 2 rings (SSSR count). The van der Waals surface area contributed by atoms with E-state index in [4.69, 9.17) is 4.74 Å². The lowest BCUT2D eigenvalue weighted by atomic mass is 9.97. The van der Waals surface area contributed by atoms with Crippen molar-refractivity contribution in [1.82, 2.24) is 15.1 Å². The largest absolute Gasteiger partial charge is 0.380 e. The number of rotatable bonds is 6. The molecule has 0 aromatic heterocycles. The van der Waals surface area contributed by atoms with Gasteiger partial charge in [0.1, 0.15) is 0 Å². The van der Waals surface area contributed by atoms with Crippen LogP contribution in [-0.4, -0.2) is 74.2 Å². The molecule has 2 aliphatic rings. The van der Waals surface area contributed by atoms with E-state index in [0.29, 0.717) is 11.9 Å². The van der Waals surface area contributed by atoms with Crippen LogP contribution in [0.15, 0.2) is 0 Å². The van der Waals surface area contributed by atoms with Gasteiger partial charge in [0.2, 0.25) is 5.91 Å². The van der Waals surface area contributed by atoms with Crippen LogP contribution in [0.1, 0.15) is 33.1 Å². The summed E-state index contributed by atoms with van der Waals surface area (Å²) in [5.41, 5.74) is 0. The van der Waals surface area contributed by atoms with Crippen LogP contribution in [0, 0.1) is 5.92 Å². The Morgan fingerprint density at radius 2 is 2.04 bits per heavy atom. The van der Waals surface area contributed by atoms with Crippen LogP contribution < -0.4 is 5.32 Å². The summed E-state index contributed by atoms with van der Waals surface area (Å²) >= 11 is 0. The Kier molecular flexibility index (Phi) is 12.3. The summed E-state index contributed by atoms with van der Waals surface area (Å²) < 4.78 is 5.47. The highest BCUT2D eigenvalue weighted by atomic mass is 35.5. The fraction of sp³-hybridized carbons (Fsp3) is 0.938. The van der Waals surface area contributed by atoms with Crippen LogP contribution >= 0.6 is 24.8 Å². The summed E-state index contributed by atoms with van der Waals surface area (Å²) in [6.45, 7) is 11.5. The predicted octanol–water partition coefficient (Wildman–Crippen LogP) is 1.79. The molecule has 1 amide bonds. The van der Waals surface area contributed by atoms with Crippen molar-refractivity contribution in [2.24, 2.45) is 5.92 Å². The highest BCUT2D eigenvalue weighted by Gasteiger charge is 2.32. The Bertz CT molecular complexity index is 328. The van der Waals surface area contributed by atoms with E-state index in [2.05, 4.69) is 22.0 Å². The third-order valence-corrected chi connectivity index (χ3v) is 4.76. The predicted molar refractivity (Wildman–Crippen MR) is 98.8 cm³/mol. The number of amides is 1. The van der Waals surface area contributed by atoms with E-state index in [1.165, 1.54) is 0 Å². The first-order valence-corrected chi connectivity index (χ1v) is 8.57. The fourth-order valence-electron chi connectivity index (χ4n) is 3.42. The molecule has 0 aromatic rings. The van der Waals surface area contributed by atoms with Crippen molar-refractivity contribution in [3.8, 4) is 0 Å². The Morgan fingerprint density at radius 1 is 1.26 bits per heavy atom. The Balaban J connectivity index is 0.00000242. The number of carbonyl (C=O) groups excluding carboxylic acids is 1. The highest BCUT2D eigenvalue weighted by Crippen LogP contribution is 2.18. The summed E-state index contributed by atoms with van der Waals surface area (Å²) in [5, 5.41) is 3.35. The van der Waals surface area contributed by atoms with Gasteiger partial charge in [-0.05, 0) is 32.7 Å². The van der Waals surface area contributed by atoms with E-state index in [1.54, 1.807) is 0 Å². The number of halogens is 2. The van der Waals surface area contributed by atoms with Gasteiger partial charge in [0.05, 0.1) is 12.5 Å². The number of hydrogen-bond acceptors (Lipinski definition) is 4. The van der Waals surface area contributed by atoms with Gasteiger partial charge in [0, 0.05) is 45.4 Å². The Morgan fingerprint density at radius 3 is 2.65 bits per heavy atom. The number of carbonyl (C=O) groups is 1. The molecule has 0 spiro atoms. The Hall–Kier alpha value is -0.0700. The van der Waals surface area contributed by atoms with Gasteiger partial charge in [0.15, 0.2) is 0 Å². The standard InChI is InChI=1S/C16H31N3O2.2ClH/c1-3-15-13-19(9-8-18(15)10-11-21-4-2)16(20)14-6-5-7-17-12-14;;/h14-15,17H,3-13H2,1-2H3;2*1H. The number of hydrogen-bond donors (Lipinski definition) is 1. The summed E-state index contributed by atoms with van der Waals surface area (Å²) in [5.74, 6) is 0.566. The summed E-state index contributed by atoms with van der Waals surface area (Å²) in [6, 6.07) is 0.486. The summed E-state index contributed by atoms with van der Waals surface area (Å²) in [6.07, 6.45) is 3.27. The zero-order valence-electron chi connectivity index (χ0n) is 14.5. The maximum atomic E-state index is 12.6. The molecule has 2 fully saturated rings. The van der Waals surface area contributed by atoms with Gasteiger partial charge < -0.3 is 15.0 Å². The molecular formula is C16H33Cl2N3O2. The Labute approximate surface area is 153 Å². The van der Waals surface area contributed by atoms with Crippen LogP contribution in [0.2, 0.25) is 0 Å². The normalized spacial score (nSPS) is 25.4. The van der Waals surface area contributed by atoms with Crippen molar-refractivity contribution in [1.29, 1.82) is 0 Å². The fourth-order valence-corrected chi connectivity index (χ4v) is 3.42. The minimum atomic E-state index is 0. The van der Waals surface area contributed by atoms with Crippen molar-refractivity contribution in [3.05, 3.63) is 0 Å². The molecular weight excluding hydrogens is 337 g/mol. The maximum absolute atomic E-state index is 12.6. The highest BCUT2D eigenvalue weighted by molar-refractivity contribution is 5.85. The lowest BCUT2D eigenvalue weighted by Gasteiger charge is -2.42. The van der Waals surface area contributed by atoms with Crippen LogP contribution in [-0.2, 0) is 9.53 Å². The first-order chi connectivity index (χ1) is 10.3. The van der Waals surface area contributed by atoms with Crippen LogP contribution in [0.4, 0.5) is 0 Å². The minimum Gasteiger partial charge on any atom is -0.380 e. The van der Waals surface area contributed by atoms with E-state index in [1.807, 2.05) is 6.92 Å². The van der Waals surface area contributed by atoms with Gasteiger partial charge in [-0.2, -0.15) is 0 Å². The molecule has 5 nitrogen and oxygen atoms in total. The second kappa shape index (κ2) is 12.3. The van der Waals surface area contributed by atoms with Crippen molar-refractivity contribution in [2.45, 2.75) is 39.2 Å². The van der Waals surface area contributed by atoms with Gasteiger partial charge in [-0.3, -0.25) is 9.69 Å². The SMILES string of the molecule is CCOCCN1CCN(C(=O)C2CCCNC2)CC1CC.Cl.Cl. The van der Waals surface area contributed by atoms with Gasteiger partial charge in [-0.25, -0.2) is 0 Å². The molecule has 1 N–H and O–H groups in total. The van der Waals surface area contributed by atoms with E-state index in [9.17, 15) is 4.79 Å². The van der Waals surface area contributed by atoms with E-state index in [0.717, 1.165) is 71.7 Å². The van der Waals surface area contributed by atoms with Gasteiger partial charge in [-0.15, -0.1) is 24.8 Å². The molecule has 23 heavy (non-hydrogen) atoms. The van der Waals surface area contributed by atoms with Crippen molar-refractivity contribution < 1.29 is 9.53 Å². The third kappa shape index (κ3) is 6.75.